The van der Waals surface area contributed by atoms with Crippen LogP contribution < -0.4 is 4.74 Å². The van der Waals surface area contributed by atoms with Crippen molar-refractivity contribution in [2.24, 2.45) is 0 Å². The first-order chi connectivity index (χ1) is 8.58. The third kappa shape index (κ3) is 2.14. The van der Waals surface area contributed by atoms with Gasteiger partial charge in [-0.25, -0.2) is 4.39 Å². The summed E-state index contributed by atoms with van der Waals surface area (Å²) in [5, 5.41) is 0. The Bertz CT molecular complexity index is 537. The van der Waals surface area contributed by atoms with Gasteiger partial charge in [-0.1, -0.05) is 15.9 Å². The number of Topliss-reactive ketones (excluding diaryl/α,β-unsaturated/α-hetero) is 1. The minimum absolute atomic E-state index is 0.119. The van der Waals surface area contributed by atoms with Gasteiger partial charge in [0.1, 0.15) is 17.3 Å². The quantitative estimate of drug-likeness (QED) is 0.858. The van der Waals surface area contributed by atoms with Crippen LogP contribution in [0, 0.1) is 5.82 Å². The maximum absolute atomic E-state index is 14.1. The number of carbonyl (C=O) groups excluding carboxylic acids is 1. The second-order valence-electron chi connectivity index (χ2n) is 3.89. The zero-order valence-electron chi connectivity index (χ0n) is 10.0. The minimum Gasteiger partial charge on any atom is -0.500 e. The van der Waals surface area contributed by atoms with E-state index in [2.05, 4.69) is 15.9 Å². The SMILES string of the molecule is COC1=C(c2c(F)cc(Br)cc2OC)C(=O)CC1. The Morgan fingerprint density at radius 2 is 1.94 bits per heavy atom. The largest absolute Gasteiger partial charge is 0.500 e. The number of ether oxygens (including phenoxy) is 2. The van der Waals surface area contributed by atoms with Crippen molar-refractivity contribution in [2.75, 3.05) is 14.2 Å². The lowest BCUT2D eigenvalue weighted by Crippen LogP contribution is -2.03. The summed E-state index contributed by atoms with van der Waals surface area (Å²) in [5.41, 5.74) is 0.472. The highest BCUT2D eigenvalue weighted by Crippen LogP contribution is 2.39. The Balaban J connectivity index is 2.67. The van der Waals surface area contributed by atoms with Gasteiger partial charge in [0.25, 0.3) is 0 Å². The molecule has 0 saturated heterocycles. The Morgan fingerprint density at radius 3 is 2.56 bits per heavy atom. The molecule has 0 amide bonds. The summed E-state index contributed by atoms with van der Waals surface area (Å²) >= 11 is 3.19. The van der Waals surface area contributed by atoms with Gasteiger partial charge in [-0.05, 0) is 12.1 Å². The second-order valence-corrected chi connectivity index (χ2v) is 4.81. The van der Waals surface area contributed by atoms with Crippen LogP contribution in [0.5, 0.6) is 5.75 Å². The van der Waals surface area contributed by atoms with E-state index in [0.717, 1.165) is 0 Å². The molecule has 1 aliphatic carbocycles. The van der Waals surface area contributed by atoms with Crippen molar-refractivity contribution < 1.29 is 18.7 Å². The van der Waals surface area contributed by atoms with Crippen LogP contribution in [0.4, 0.5) is 4.39 Å². The molecular formula is C13H12BrFO3. The van der Waals surface area contributed by atoms with Crippen LogP contribution in [-0.2, 0) is 9.53 Å². The third-order valence-electron chi connectivity index (χ3n) is 2.87. The highest BCUT2D eigenvalue weighted by Gasteiger charge is 2.30. The van der Waals surface area contributed by atoms with Gasteiger partial charge in [-0.3, -0.25) is 4.79 Å². The summed E-state index contributed by atoms with van der Waals surface area (Å²) in [6, 6.07) is 2.94. The van der Waals surface area contributed by atoms with E-state index < -0.39 is 5.82 Å². The van der Waals surface area contributed by atoms with E-state index in [0.29, 0.717) is 34.4 Å². The van der Waals surface area contributed by atoms with Crippen molar-refractivity contribution in [3.63, 3.8) is 0 Å². The van der Waals surface area contributed by atoms with Crippen LogP contribution >= 0.6 is 15.9 Å². The van der Waals surface area contributed by atoms with E-state index in [4.69, 9.17) is 9.47 Å². The zero-order chi connectivity index (χ0) is 13.3. The van der Waals surface area contributed by atoms with Gasteiger partial charge in [0.2, 0.25) is 0 Å². The van der Waals surface area contributed by atoms with Crippen LogP contribution in [-0.4, -0.2) is 20.0 Å². The smallest absolute Gasteiger partial charge is 0.167 e. The lowest BCUT2D eigenvalue weighted by atomic mass is 10.0. The van der Waals surface area contributed by atoms with Crippen molar-refractivity contribution in [1.82, 2.24) is 0 Å². The molecule has 0 radical (unpaired) electrons. The van der Waals surface area contributed by atoms with Crippen molar-refractivity contribution in [1.29, 1.82) is 0 Å². The van der Waals surface area contributed by atoms with Crippen molar-refractivity contribution in [3.8, 4) is 5.75 Å². The van der Waals surface area contributed by atoms with Crippen LogP contribution in [0.3, 0.4) is 0 Å². The first-order valence-corrected chi connectivity index (χ1v) is 6.21. The summed E-state index contributed by atoms with van der Waals surface area (Å²) in [7, 11) is 2.92. The molecule has 18 heavy (non-hydrogen) atoms. The fourth-order valence-corrected chi connectivity index (χ4v) is 2.48. The molecule has 0 aliphatic heterocycles. The van der Waals surface area contributed by atoms with Gasteiger partial charge in [-0.2, -0.15) is 0 Å². The summed E-state index contributed by atoms with van der Waals surface area (Å²) in [4.78, 5) is 11.9. The van der Waals surface area contributed by atoms with Crippen molar-refractivity contribution in [2.45, 2.75) is 12.8 Å². The number of allylic oxidation sites excluding steroid dienone is 2. The standard InChI is InChI=1S/C13H12BrFO3/c1-17-10-4-3-9(16)13(10)12-8(15)5-7(14)6-11(12)18-2/h5-6H,3-4H2,1-2H3. The van der Waals surface area contributed by atoms with E-state index in [-0.39, 0.29) is 11.3 Å². The number of rotatable bonds is 3. The zero-order valence-corrected chi connectivity index (χ0v) is 11.6. The molecule has 0 heterocycles. The van der Waals surface area contributed by atoms with Crippen LogP contribution in [0.1, 0.15) is 18.4 Å². The van der Waals surface area contributed by atoms with E-state index >= 15 is 0 Å². The Kier molecular flexibility index (Phi) is 3.71. The van der Waals surface area contributed by atoms with Gasteiger partial charge in [0.15, 0.2) is 5.78 Å². The molecule has 1 aliphatic rings. The summed E-state index contributed by atoms with van der Waals surface area (Å²) in [5.74, 6) is 0.216. The van der Waals surface area contributed by atoms with E-state index in [1.54, 1.807) is 6.07 Å². The van der Waals surface area contributed by atoms with Crippen LogP contribution in [0.2, 0.25) is 0 Å². The molecule has 0 atom stereocenters. The lowest BCUT2D eigenvalue weighted by molar-refractivity contribution is -0.113. The predicted octanol–water partition coefficient (Wildman–Crippen LogP) is 3.32. The minimum atomic E-state index is -0.499. The molecule has 2 rings (SSSR count). The number of ketones is 1. The van der Waals surface area contributed by atoms with Crippen molar-refractivity contribution in [3.05, 3.63) is 33.7 Å². The molecule has 96 valence electrons. The molecule has 0 saturated carbocycles. The van der Waals surface area contributed by atoms with Crippen LogP contribution in [0.25, 0.3) is 5.57 Å². The summed E-state index contributed by atoms with van der Waals surface area (Å²) < 4.78 is 24.9. The first kappa shape index (κ1) is 13.1. The highest BCUT2D eigenvalue weighted by atomic mass is 79.9. The molecule has 5 heteroatoms. The van der Waals surface area contributed by atoms with Crippen LogP contribution in [0.15, 0.2) is 22.4 Å². The van der Waals surface area contributed by atoms with E-state index in [9.17, 15) is 9.18 Å². The fourth-order valence-electron chi connectivity index (χ4n) is 2.07. The molecular weight excluding hydrogens is 303 g/mol. The monoisotopic (exact) mass is 314 g/mol. The molecule has 0 fully saturated rings. The Labute approximate surface area is 113 Å². The lowest BCUT2D eigenvalue weighted by Gasteiger charge is -2.12. The van der Waals surface area contributed by atoms with Gasteiger partial charge < -0.3 is 9.47 Å². The molecule has 1 aromatic rings. The average Bonchev–Trinajstić information content (AvgIpc) is 2.69. The van der Waals surface area contributed by atoms with Gasteiger partial charge in [-0.15, -0.1) is 0 Å². The maximum Gasteiger partial charge on any atom is 0.167 e. The van der Waals surface area contributed by atoms with Gasteiger partial charge >= 0.3 is 0 Å². The Morgan fingerprint density at radius 1 is 1.22 bits per heavy atom. The number of hydrogen-bond acceptors (Lipinski definition) is 3. The second kappa shape index (κ2) is 5.10. The van der Waals surface area contributed by atoms with E-state index in [1.807, 2.05) is 0 Å². The highest BCUT2D eigenvalue weighted by molar-refractivity contribution is 9.10. The third-order valence-corrected chi connectivity index (χ3v) is 3.33. The molecule has 0 unspecified atom stereocenters. The number of carbonyl (C=O) groups is 1. The molecule has 0 spiro atoms. The molecule has 0 aromatic heterocycles. The van der Waals surface area contributed by atoms with Gasteiger partial charge in [0, 0.05) is 17.3 Å². The topological polar surface area (TPSA) is 35.5 Å². The molecule has 1 aromatic carbocycles. The molecule has 0 bridgehead atoms. The normalized spacial score (nSPS) is 15.2. The van der Waals surface area contributed by atoms with E-state index in [1.165, 1.54) is 20.3 Å². The summed E-state index contributed by atoms with van der Waals surface area (Å²) in [6.07, 6.45) is 0.848. The number of methoxy groups -OCH3 is 2. The molecule has 3 nitrogen and oxygen atoms in total. The number of halogens is 2. The number of hydrogen-bond donors (Lipinski definition) is 0. The number of benzene rings is 1. The average molecular weight is 315 g/mol. The molecule has 0 N–H and O–H groups in total. The maximum atomic E-state index is 14.1. The van der Waals surface area contributed by atoms with Gasteiger partial charge in [0.05, 0.1) is 25.4 Å². The van der Waals surface area contributed by atoms with Crippen molar-refractivity contribution >= 4 is 27.3 Å². The first-order valence-electron chi connectivity index (χ1n) is 5.42. The fraction of sp³-hybridized carbons (Fsp3) is 0.308. The summed E-state index contributed by atoms with van der Waals surface area (Å²) in [6.45, 7) is 0. The predicted molar refractivity (Wildman–Crippen MR) is 68.8 cm³/mol. The Hall–Kier alpha value is -1.36.